The van der Waals surface area contributed by atoms with Crippen molar-refractivity contribution in [2.24, 2.45) is 11.7 Å². The number of carbonyl (C=O) groups is 1. The normalized spacial score (nSPS) is 15.7. The number of rotatable bonds is 4. The molecule has 5 heteroatoms. The standard InChI is InChI=1S/C13H17ClN2O.ClH/c1-8-4-10(6-11(14)5-8)13(17)16-12(7-15)9-2-3-9;/h4-6,9,12H,2-3,7,15H2,1H3,(H,16,17);1H. The number of carbonyl (C=O) groups excluding carboxylic acids is 1. The molecular formula is C13H18Cl2N2O. The molecule has 100 valence electrons. The Hall–Kier alpha value is -0.770. The lowest BCUT2D eigenvalue weighted by atomic mass is 10.1. The first kappa shape index (κ1) is 15.3. The molecule has 0 aliphatic heterocycles. The quantitative estimate of drug-likeness (QED) is 0.895. The van der Waals surface area contributed by atoms with Crippen LogP contribution in [-0.2, 0) is 0 Å². The number of aryl methyl sites for hydroxylation is 1. The van der Waals surface area contributed by atoms with Crippen molar-refractivity contribution in [2.45, 2.75) is 25.8 Å². The fourth-order valence-corrected chi connectivity index (χ4v) is 2.28. The van der Waals surface area contributed by atoms with E-state index in [1.165, 1.54) is 0 Å². The van der Waals surface area contributed by atoms with Gasteiger partial charge in [0.05, 0.1) is 0 Å². The van der Waals surface area contributed by atoms with E-state index in [0.717, 1.165) is 18.4 Å². The Balaban J connectivity index is 0.00000162. The third-order valence-corrected chi connectivity index (χ3v) is 3.28. The van der Waals surface area contributed by atoms with E-state index in [1.54, 1.807) is 6.07 Å². The molecule has 1 unspecified atom stereocenters. The van der Waals surface area contributed by atoms with Gasteiger partial charge in [-0.25, -0.2) is 0 Å². The van der Waals surface area contributed by atoms with Gasteiger partial charge in [0, 0.05) is 23.2 Å². The summed E-state index contributed by atoms with van der Waals surface area (Å²) in [6.45, 7) is 2.42. The minimum atomic E-state index is -0.0852. The summed E-state index contributed by atoms with van der Waals surface area (Å²) in [5, 5.41) is 3.57. The minimum absolute atomic E-state index is 0. The van der Waals surface area contributed by atoms with Crippen LogP contribution < -0.4 is 11.1 Å². The van der Waals surface area contributed by atoms with Crippen LogP contribution in [0.4, 0.5) is 0 Å². The third kappa shape index (κ3) is 3.87. The third-order valence-electron chi connectivity index (χ3n) is 3.07. The van der Waals surface area contributed by atoms with Crippen LogP contribution in [0.3, 0.4) is 0 Å². The molecule has 0 radical (unpaired) electrons. The first-order valence-electron chi connectivity index (χ1n) is 5.88. The van der Waals surface area contributed by atoms with Crippen LogP contribution in [0.1, 0.15) is 28.8 Å². The van der Waals surface area contributed by atoms with Crippen molar-refractivity contribution in [2.75, 3.05) is 6.54 Å². The predicted octanol–water partition coefficient (Wildman–Crippen LogP) is 2.54. The minimum Gasteiger partial charge on any atom is -0.348 e. The molecule has 3 N–H and O–H groups in total. The van der Waals surface area contributed by atoms with Crippen LogP contribution in [0.25, 0.3) is 0 Å². The van der Waals surface area contributed by atoms with Gasteiger partial charge in [0.1, 0.15) is 0 Å². The molecule has 1 aromatic rings. The van der Waals surface area contributed by atoms with Gasteiger partial charge >= 0.3 is 0 Å². The maximum Gasteiger partial charge on any atom is 0.251 e. The molecule has 3 nitrogen and oxygen atoms in total. The van der Waals surface area contributed by atoms with E-state index in [2.05, 4.69) is 5.32 Å². The highest BCUT2D eigenvalue weighted by molar-refractivity contribution is 6.31. The van der Waals surface area contributed by atoms with E-state index in [4.69, 9.17) is 17.3 Å². The zero-order valence-corrected chi connectivity index (χ0v) is 11.9. The fourth-order valence-electron chi connectivity index (χ4n) is 1.99. The van der Waals surface area contributed by atoms with Crippen molar-refractivity contribution in [3.8, 4) is 0 Å². The lowest BCUT2D eigenvalue weighted by Crippen LogP contribution is -2.41. The Morgan fingerprint density at radius 2 is 2.17 bits per heavy atom. The van der Waals surface area contributed by atoms with Crippen molar-refractivity contribution in [1.29, 1.82) is 0 Å². The van der Waals surface area contributed by atoms with Crippen molar-refractivity contribution >= 4 is 29.9 Å². The first-order valence-corrected chi connectivity index (χ1v) is 6.26. The Kier molecular flexibility index (Phi) is 5.45. The second-order valence-corrected chi connectivity index (χ2v) is 5.11. The molecule has 1 aromatic carbocycles. The van der Waals surface area contributed by atoms with Crippen molar-refractivity contribution in [3.05, 3.63) is 34.3 Å². The average Bonchev–Trinajstić information content (AvgIpc) is 3.08. The van der Waals surface area contributed by atoms with Gasteiger partial charge in [0.15, 0.2) is 0 Å². The number of halogens is 2. The van der Waals surface area contributed by atoms with Crippen LogP contribution in [0, 0.1) is 12.8 Å². The number of hydrogen-bond donors (Lipinski definition) is 2. The van der Waals surface area contributed by atoms with Gasteiger partial charge in [0.2, 0.25) is 0 Å². The second-order valence-electron chi connectivity index (χ2n) is 4.67. The highest BCUT2D eigenvalue weighted by Crippen LogP contribution is 2.32. The van der Waals surface area contributed by atoms with Gasteiger partial charge in [0.25, 0.3) is 5.91 Å². The number of benzene rings is 1. The lowest BCUT2D eigenvalue weighted by molar-refractivity contribution is 0.0933. The van der Waals surface area contributed by atoms with E-state index in [1.807, 2.05) is 19.1 Å². The summed E-state index contributed by atoms with van der Waals surface area (Å²) in [6.07, 6.45) is 2.33. The molecule has 1 fully saturated rings. The highest BCUT2D eigenvalue weighted by atomic mass is 35.5. The fraction of sp³-hybridized carbons (Fsp3) is 0.462. The molecule has 0 bridgehead atoms. The van der Waals surface area contributed by atoms with E-state index >= 15 is 0 Å². The van der Waals surface area contributed by atoms with E-state index in [0.29, 0.717) is 23.0 Å². The molecule has 18 heavy (non-hydrogen) atoms. The molecule has 1 amide bonds. The Morgan fingerprint density at radius 3 is 2.67 bits per heavy atom. The van der Waals surface area contributed by atoms with Crippen molar-refractivity contribution in [1.82, 2.24) is 5.32 Å². The molecule has 0 heterocycles. The van der Waals surface area contributed by atoms with Crippen molar-refractivity contribution in [3.63, 3.8) is 0 Å². The van der Waals surface area contributed by atoms with Crippen LogP contribution in [-0.4, -0.2) is 18.5 Å². The maximum absolute atomic E-state index is 12.0. The summed E-state index contributed by atoms with van der Waals surface area (Å²) >= 11 is 5.93. The van der Waals surface area contributed by atoms with Gasteiger partial charge < -0.3 is 11.1 Å². The van der Waals surface area contributed by atoms with E-state index in [-0.39, 0.29) is 24.4 Å². The predicted molar refractivity (Wildman–Crippen MR) is 76.5 cm³/mol. The Bertz CT molecular complexity index is 413. The zero-order chi connectivity index (χ0) is 12.4. The van der Waals surface area contributed by atoms with Crippen LogP contribution in [0.15, 0.2) is 18.2 Å². The van der Waals surface area contributed by atoms with Gasteiger partial charge in [-0.15, -0.1) is 12.4 Å². The first-order chi connectivity index (χ1) is 8.10. The van der Waals surface area contributed by atoms with Gasteiger partial charge in [-0.3, -0.25) is 4.79 Å². The monoisotopic (exact) mass is 288 g/mol. The van der Waals surface area contributed by atoms with E-state index in [9.17, 15) is 4.79 Å². The molecule has 0 saturated heterocycles. The summed E-state index contributed by atoms with van der Waals surface area (Å²) < 4.78 is 0. The highest BCUT2D eigenvalue weighted by Gasteiger charge is 2.31. The molecule has 0 spiro atoms. The topological polar surface area (TPSA) is 55.1 Å². The summed E-state index contributed by atoms with van der Waals surface area (Å²) in [5.74, 6) is 0.474. The molecule has 1 saturated carbocycles. The van der Waals surface area contributed by atoms with Crippen molar-refractivity contribution < 1.29 is 4.79 Å². The van der Waals surface area contributed by atoms with Gasteiger partial charge in [-0.2, -0.15) is 0 Å². The second kappa shape index (κ2) is 6.41. The smallest absolute Gasteiger partial charge is 0.251 e. The SMILES string of the molecule is Cc1cc(Cl)cc(C(=O)NC(CN)C2CC2)c1.Cl. The van der Waals surface area contributed by atoms with Crippen LogP contribution in [0.5, 0.6) is 0 Å². The number of nitrogens with two attached hydrogens (primary N) is 1. The summed E-state index contributed by atoms with van der Waals surface area (Å²) in [5.41, 5.74) is 7.25. The Morgan fingerprint density at radius 1 is 1.50 bits per heavy atom. The average molecular weight is 289 g/mol. The molecule has 0 aromatic heterocycles. The summed E-state index contributed by atoms with van der Waals surface area (Å²) in [4.78, 5) is 12.0. The Labute approximate surface area is 118 Å². The summed E-state index contributed by atoms with van der Waals surface area (Å²) in [6, 6.07) is 5.45. The van der Waals surface area contributed by atoms with Gasteiger partial charge in [-0.05, 0) is 49.4 Å². The molecule has 1 atom stereocenters. The zero-order valence-electron chi connectivity index (χ0n) is 10.3. The summed E-state index contributed by atoms with van der Waals surface area (Å²) in [7, 11) is 0. The number of nitrogens with one attached hydrogen (secondary N) is 1. The maximum atomic E-state index is 12.0. The molecule has 1 aliphatic rings. The largest absolute Gasteiger partial charge is 0.348 e. The number of amides is 1. The molecule has 2 rings (SSSR count). The molecular weight excluding hydrogens is 271 g/mol. The molecule has 1 aliphatic carbocycles. The van der Waals surface area contributed by atoms with E-state index < -0.39 is 0 Å². The number of hydrogen-bond acceptors (Lipinski definition) is 2. The van der Waals surface area contributed by atoms with Gasteiger partial charge in [-0.1, -0.05) is 11.6 Å². The van der Waals surface area contributed by atoms with Crippen LogP contribution >= 0.6 is 24.0 Å². The van der Waals surface area contributed by atoms with Crippen LogP contribution in [0.2, 0.25) is 5.02 Å². The lowest BCUT2D eigenvalue weighted by Gasteiger charge is -2.16.